The van der Waals surface area contributed by atoms with Crippen LogP contribution in [0.2, 0.25) is 0 Å². The Bertz CT molecular complexity index is 470. The van der Waals surface area contributed by atoms with E-state index in [0.717, 1.165) is 34.0 Å². The van der Waals surface area contributed by atoms with Gasteiger partial charge in [0.15, 0.2) is 6.10 Å². The molecule has 1 aromatic carbocycles. The van der Waals surface area contributed by atoms with Crippen LogP contribution in [0.25, 0.3) is 0 Å². The van der Waals surface area contributed by atoms with E-state index in [1.807, 2.05) is 12.1 Å². The summed E-state index contributed by atoms with van der Waals surface area (Å²) in [7, 11) is 0. The lowest BCUT2D eigenvalue weighted by Crippen LogP contribution is -2.22. The molecule has 1 aliphatic heterocycles. The maximum absolute atomic E-state index is 11.5. The Labute approximate surface area is 135 Å². The third-order valence-electron chi connectivity index (χ3n) is 2.96. The Morgan fingerprint density at radius 3 is 2.65 bits per heavy atom. The predicted molar refractivity (Wildman–Crippen MR) is 83.8 cm³/mol. The highest BCUT2D eigenvalue weighted by atomic mass is 79.9. The van der Waals surface area contributed by atoms with Gasteiger partial charge in [-0.3, -0.25) is 0 Å². The summed E-state index contributed by atoms with van der Waals surface area (Å²) in [5.41, 5.74) is 1.15. The average molecular weight is 407 g/mol. The smallest absolute Gasteiger partial charge is 0.347 e. The van der Waals surface area contributed by atoms with Crippen LogP contribution in [0.4, 0.5) is 0 Å². The van der Waals surface area contributed by atoms with Gasteiger partial charge in [-0.1, -0.05) is 6.92 Å². The van der Waals surface area contributed by atoms with E-state index in [2.05, 4.69) is 44.1 Å². The van der Waals surface area contributed by atoms with E-state index in [0.29, 0.717) is 18.8 Å². The van der Waals surface area contributed by atoms with E-state index in [1.165, 1.54) is 0 Å². The van der Waals surface area contributed by atoms with Crippen LogP contribution in [0.15, 0.2) is 21.1 Å². The van der Waals surface area contributed by atoms with Gasteiger partial charge in [0.05, 0.1) is 15.6 Å². The van der Waals surface area contributed by atoms with Gasteiger partial charge in [0.1, 0.15) is 5.75 Å². The van der Waals surface area contributed by atoms with Gasteiger partial charge in [-0.25, -0.2) is 4.79 Å². The van der Waals surface area contributed by atoms with Crippen molar-refractivity contribution in [3.05, 3.63) is 26.6 Å². The summed E-state index contributed by atoms with van der Waals surface area (Å²) in [6.07, 6.45) is 1.19. The van der Waals surface area contributed by atoms with Crippen molar-refractivity contribution in [1.82, 2.24) is 5.32 Å². The molecule has 1 aromatic rings. The van der Waals surface area contributed by atoms with E-state index < -0.39 is 6.10 Å². The summed E-state index contributed by atoms with van der Waals surface area (Å²) in [6.45, 7) is 4.35. The molecule has 1 saturated heterocycles. The van der Waals surface area contributed by atoms with E-state index in [4.69, 9.17) is 9.47 Å². The zero-order valence-corrected chi connectivity index (χ0v) is 14.4. The summed E-state index contributed by atoms with van der Waals surface area (Å²) < 4.78 is 12.3. The first kappa shape index (κ1) is 15.8. The molecule has 6 heteroatoms. The number of halogens is 2. The molecule has 0 amide bonds. The highest BCUT2D eigenvalue weighted by Crippen LogP contribution is 2.36. The van der Waals surface area contributed by atoms with Crippen LogP contribution in [-0.4, -0.2) is 25.2 Å². The van der Waals surface area contributed by atoms with Gasteiger partial charge in [-0.05, 0) is 62.5 Å². The van der Waals surface area contributed by atoms with Crippen molar-refractivity contribution in [2.45, 2.75) is 32.4 Å². The lowest BCUT2D eigenvalue weighted by Gasteiger charge is -2.15. The molecule has 1 atom stereocenters. The molecule has 20 heavy (non-hydrogen) atoms. The molecule has 0 radical (unpaired) electrons. The summed E-state index contributed by atoms with van der Waals surface area (Å²) in [5.74, 6) is 0.352. The first-order valence-electron chi connectivity index (χ1n) is 6.63. The molecular formula is C14H17Br2NO3. The number of esters is 1. The van der Waals surface area contributed by atoms with Gasteiger partial charge in [0.2, 0.25) is 0 Å². The van der Waals surface area contributed by atoms with Gasteiger partial charge in [0, 0.05) is 13.0 Å². The van der Waals surface area contributed by atoms with Crippen LogP contribution >= 0.6 is 31.9 Å². The highest BCUT2D eigenvalue weighted by molar-refractivity contribution is 9.11. The Hall–Kier alpha value is -0.590. The monoisotopic (exact) mass is 405 g/mol. The number of benzene rings is 1. The maximum atomic E-state index is 11.5. The minimum atomic E-state index is -0.508. The molecule has 2 rings (SSSR count). The van der Waals surface area contributed by atoms with Crippen LogP contribution in [0, 0.1) is 0 Å². The molecule has 1 aliphatic rings. The molecule has 0 bridgehead atoms. The Balaban J connectivity index is 2.08. The predicted octanol–water partition coefficient (Wildman–Crippen LogP) is 3.41. The van der Waals surface area contributed by atoms with Crippen molar-refractivity contribution in [1.29, 1.82) is 0 Å². The maximum Gasteiger partial charge on any atom is 0.347 e. The average Bonchev–Trinajstić information content (AvgIpc) is 2.80. The summed E-state index contributed by atoms with van der Waals surface area (Å²) in [4.78, 5) is 11.5. The fourth-order valence-electron chi connectivity index (χ4n) is 1.96. The van der Waals surface area contributed by atoms with Gasteiger partial charge < -0.3 is 14.8 Å². The minimum Gasteiger partial charge on any atom is -0.476 e. The summed E-state index contributed by atoms with van der Waals surface area (Å²) in [6, 6.07) is 4.01. The van der Waals surface area contributed by atoms with Crippen molar-refractivity contribution >= 4 is 37.8 Å². The lowest BCUT2D eigenvalue weighted by molar-refractivity contribution is -0.143. The summed E-state index contributed by atoms with van der Waals surface area (Å²) in [5, 5.41) is 3.35. The van der Waals surface area contributed by atoms with E-state index >= 15 is 0 Å². The SMILES string of the molecule is CCCNCc1cc(Br)c(OC2CCOC2=O)c(Br)c1. The second kappa shape index (κ2) is 7.43. The largest absolute Gasteiger partial charge is 0.476 e. The molecule has 0 saturated carbocycles. The number of carbonyl (C=O) groups is 1. The number of rotatable bonds is 6. The fraction of sp³-hybridized carbons (Fsp3) is 0.500. The standard InChI is InChI=1S/C14H17Br2NO3/c1-2-4-17-8-9-6-10(15)13(11(16)7-9)20-12-3-5-19-14(12)18/h6-7,12,17H,2-5,8H2,1H3. The molecule has 0 aliphatic carbocycles. The van der Waals surface area contributed by atoms with Gasteiger partial charge >= 0.3 is 5.97 Å². The molecule has 1 fully saturated rings. The third kappa shape index (κ3) is 3.96. The normalized spacial score (nSPS) is 18.1. The number of cyclic esters (lactones) is 1. The van der Waals surface area contributed by atoms with Crippen molar-refractivity contribution < 1.29 is 14.3 Å². The Kier molecular flexibility index (Phi) is 5.86. The second-order valence-electron chi connectivity index (χ2n) is 4.63. The Morgan fingerprint density at radius 2 is 2.10 bits per heavy atom. The first-order chi connectivity index (χ1) is 9.61. The van der Waals surface area contributed by atoms with E-state index in [-0.39, 0.29) is 5.97 Å². The topological polar surface area (TPSA) is 47.6 Å². The Morgan fingerprint density at radius 1 is 1.40 bits per heavy atom. The second-order valence-corrected chi connectivity index (χ2v) is 6.34. The van der Waals surface area contributed by atoms with Gasteiger partial charge in [0.25, 0.3) is 0 Å². The molecule has 1 N–H and O–H groups in total. The lowest BCUT2D eigenvalue weighted by atomic mass is 10.2. The van der Waals surface area contributed by atoms with Crippen LogP contribution < -0.4 is 10.1 Å². The van der Waals surface area contributed by atoms with Crippen molar-refractivity contribution in [2.75, 3.05) is 13.2 Å². The number of hydrogen-bond donors (Lipinski definition) is 1. The highest BCUT2D eigenvalue weighted by Gasteiger charge is 2.29. The number of hydrogen-bond acceptors (Lipinski definition) is 4. The molecule has 1 unspecified atom stereocenters. The van der Waals surface area contributed by atoms with E-state index in [9.17, 15) is 4.79 Å². The van der Waals surface area contributed by atoms with Crippen LogP contribution in [0.1, 0.15) is 25.3 Å². The molecule has 110 valence electrons. The molecule has 0 spiro atoms. The van der Waals surface area contributed by atoms with Crippen molar-refractivity contribution in [2.24, 2.45) is 0 Å². The number of carbonyl (C=O) groups excluding carboxylic acids is 1. The number of nitrogens with one attached hydrogen (secondary N) is 1. The minimum absolute atomic E-state index is 0.294. The van der Waals surface area contributed by atoms with Gasteiger partial charge in [-0.15, -0.1) is 0 Å². The van der Waals surface area contributed by atoms with Crippen LogP contribution in [0.3, 0.4) is 0 Å². The molecular weight excluding hydrogens is 390 g/mol. The van der Waals surface area contributed by atoms with E-state index in [1.54, 1.807) is 0 Å². The summed E-state index contributed by atoms with van der Waals surface area (Å²) >= 11 is 7.00. The molecule has 0 aromatic heterocycles. The van der Waals surface area contributed by atoms with Crippen LogP contribution in [-0.2, 0) is 16.1 Å². The zero-order valence-electron chi connectivity index (χ0n) is 11.2. The fourth-order valence-corrected chi connectivity index (χ4v) is 3.43. The van der Waals surface area contributed by atoms with Gasteiger partial charge in [-0.2, -0.15) is 0 Å². The third-order valence-corrected chi connectivity index (χ3v) is 4.14. The molecule has 1 heterocycles. The quantitative estimate of drug-likeness (QED) is 0.580. The van der Waals surface area contributed by atoms with Crippen LogP contribution in [0.5, 0.6) is 5.75 Å². The zero-order chi connectivity index (χ0) is 14.5. The first-order valence-corrected chi connectivity index (χ1v) is 8.22. The van der Waals surface area contributed by atoms with Crippen molar-refractivity contribution in [3.8, 4) is 5.75 Å². The molecule has 4 nitrogen and oxygen atoms in total. The number of ether oxygens (including phenoxy) is 2. The van der Waals surface area contributed by atoms with Crippen molar-refractivity contribution in [3.63, 3.8) is 0 Å².